The minimum atomic E-state index is -0.988. The van der Waals surface area contributed by atoms with Gasteiger partial charge in [-0.3, -0.25) is 4.98 Å². The van der Waals surface area contributed by atoms with Gasteiger partial charge in [0.2, 0.25) is 0 Å². The molecular formula is C13H9FN2O. The van der Waals surface area contributed by atoms with Gasteiger partial charge in [-0.2, -0.15) is 5.26 Å². The van der Waals surface area contributed by atoms with E-state index in [0.29, 0.717) is 11.3 Å². The molecular weight excluding hydrogens is 219 g/mol. The van der Waals surface area contributed by atoms with Crippen LogP contribution in [0.3, 0.4) is 0 Å². The van der Waals surface area contributed by atoms with Gasteiger partial charge in [0, 0.05) is 6.20 Å². The molecule has 4 heteroatoms. The average molecular weight is 228 g/mol. The Morgan fingerprint density at radius 2 is 2.12 bits per heavy atom. The second-order valence-electron chi connectivity index (χ2n) is 3.51. The maximum absolute atomic E-state index is 13.4. The van der Waals surface area contributed by atoms with Gasteiger partial charge >= 0.3 is 0 Å². The molecule has 1 atom stereocenters. The van der Waals surface area contributed by atoms with Crippen molar-refractivity contribution in [2.75, 3.05) is 0 Å². The highest BCUT2D eigenvalue weighted by atomic mass is 19.1. The zero-order valence-corrected chi connectivity index (χ0v) is 8.84. The predicted molar refractivity (Wildman–Crippen MR) is 59.4 cm³/mol. The molecule has 1 aromatic heterocycles. The standard InChI is InChI=1S/C13H9FN2O/c14-11-7-9(4-5-10(11)8-15)13(17)12-3-1-2-6-16-12/h1-7,13,17H. The fourth-order valence-corrected chi connectivity index (χ4v) is 1.50. The Balaban J connectivity index is 2.36. The molecule has 0 aliphatic rings. The molecule has 0 aliphatic carbocycles. The van der Waals surface area contributed by atoms with Crippen LogP contribution in [0.1, 0.15) is 22.9 Å². The van der Waals surface area contributed by atoms with Gasteiger partial charge in [-0.05, 0) is 29.8 Å². The van der Waals surface area contributed by atoms with E-state index in [9.17, 15) is 9.50 Å². The Morgan fingerprint density at radius 3 is 2.71 bits per heavy atom. The number of hydrogen-bond donors (Lipinski definition) is 1. The Hall–Kier alpha value is -2.25. The van der Waals surface area contributed by atoms with Crippen LogP contribution in [0.2, 0.25) is 0 Å². The number of halogens is 1. The Bertz CT molecular complexity index is 563. The highest BCUT2D eigenvalue weighted by Crippen LogP contribution is 2.21. The molecule has 17 heavy (non-hydrogen) atoms. The van der Waals surface area contributed by atoms with Crippen LogP contribution in [-0.2, 0) is 0 Å². The Kier molecular flexibility index (Phi) is 3.12. The second kappa shape index (κ2) is 4.73. The number of nitriles is 1. The molecule has 0 saturated carbocycles. The number of aromatic nitrogens is 1. The van der Waals surface area contributed by atoms with E-state index in [2.05, 4.69) is 4.98 Å². The third-order valence-electron chi connectivity index (χ3n) is 2.40. The van der Waals surface area contributed by atoms with Crippen molar-refractivity contribution in [1.82, 2.24) is 4.98 Å². The minimum Gasteiger partial charge on any atom is -0.382 e. The van der Waals surface area contributed by atoms with Crippen molar-refractivity contribution in [3.63, 3.8) is 0 Å². The van der Waals surface area contributed by atoms with E-state index in [1.807, 2.05) is 0 Å². The molecule has 0 aliphatic heterocycles. The summed E-state index contributed by atoms with van der Waals surface area (Å²) in [6, 6.07) is 10.9. The number of nitrogens with zero attached hydrogens (tertiary/aromatic N) is 2. The lowest BCUT2D eigenvalue weighted by molar-refractivity contribution is 0.215. The smallest absolute Gasteiger partial charge is 0.141 e. The molecule has 0 fully saturated rings. The monoisotopic (exact) mass is 228 g/mol. The number of pyridine rings is 1. The lowest BCUT2D eigenvalue weighted by atomic mass is 10.0. The van der Waals surface area contributed by atoms with Crippen LogP contribution in [0.5, 0.6) is 0 Å². The fraction of sp³-hybridized carbons (Fsp3) is 0.0769. The van der Waals surface area contributed by atoms with Crippen LogP contribution < -0.4 is 0 Å². The van der Waals surface area contributed by atoms with Crippen LogP contribution in [-0.4, -0.2) is 10.1 Å². The first-order chi connectivity index (χ1) is 8.22. The van der Waals surface area contributed by atoms with Crippen molar-refractivity contribution in [1.29, 1.82) is 5.26 Å². The van der Waals surface area contributed by atoms with Gasteiger partial charge in [-0.25, -0.2) is 4.39 Å². The summed E-state index contributed by atoms with van der Waals surface area (Å²) < 4.78 is 13.4. The fourth-order valence-electron chi connectivity index (χ4n) is 1.50. The van der Waals surface area contributed by atoms with E-state index >= 15 is 0 Å². The molecule has 2 aromatic rings. The van der Waals surface area contributed by atoms with Gasteiger partial charge < -0.3 is 5.11 Å². The molecule has 0 amide bonds. The van der Waals surface area contributed by atoms with Crippen LogP contribution >= 0.6 is 0 Å². The Labute approximate surface area is 97.8 Å². The number of benzene rings is 1. The third kappa shape index (κ3) is 2.30. The van der Waals surface area contributed by atoms with Gasteiger partial charge in [0.1, 0.15) is 18.0 Å². The van der Waals surface area contributed by atoms with Crippen LogP contribution in [0.25, 0.3) is 0 Å². The average Bonchev–Trinajstić information content (AvgIpc) is 2.39. The Morgan fingerprint density at radius 1 is 1.29 bits per heavy atom. The third-order valence-corrected chi connectivity index (χ3v) is 2.40. The first-order valence-electron chi connectivity index (χ1n) is 5.01. The van der Waals surface area contributed by atoms with Gasteiger partial charge in [-0.15, -0.1) is 0 Å². The summed E-state index contributed by atoms with van der Waals surface area (Å²) in [6.07, 6.45) is 0.567. The van der Waals surface area contributed by atoms with Gasteiger partial charge in [0.15, 0.2) is 0 Å². The zero-order chi connectivity index (χ0) is 12.3. The number of hydrogen-bond acceptors (Lipinski definition) is 3. The largest absolute Gasteiger partial charge is 0.382 e. The maximum atomic E-state index is 13.4. The molecule has 0 saturated heterocycles. The van der Waals surface area contributed by atoms with Crippen LogP contribution in [0.15, 0.2) is 42.6 Å². The summed E-state index contributed by atoms with van der Waals surface area (Å²) in [6.45, 7) is 0. The van der Waals surface area contributed by atoms with Crippen LogP contribution in [0.4, 0.5) is 4.39 Å². The van der Waals surface area contributed by atoms with E-state index in [1.165, 1.54) is 12.1 Å². The SMILES string of the molecule is N#Cc1ccc(C(O)c2ccccn2)cc1F. The van der Waals surface area contributed by atoms with Crippen molar-refractivity contribution in [2.24, 2.45) is 0 Å². The number of aliphatic hydroxyl groups excluding tert-OH is 1. The highest BCUT2D eigenvalue weighted by molar-refractivity contribution is 5.36. The van der Waals surface area contributed by atoms with E-state index in [-0.39, 0.29) is 5.56 Å². The molecule has 1 aromatic carbocycles. The topological polar surface area (TPSA) is 56.9 Å². The van der Waals surface area contributed by atoms with Crippen molar-refractivity contribution < 1.29 is 9.50 Å². The molecule has 0 bridgehead atoms. The van der Waals surface area contributed by atoms with Crippen LogP contribution in [0, 0.1) is 17.1 Å². The van der Waals surface area contributed by atoms with Crippen molar-refractivity contribution in [2.45, 2.75) is 6.10 Å². The molecule has 0 spiro atoms. The summed E-state index contributed by atoms with van der Waals surface area (Å²) in [5, 5.41) is 18.6. The molecule has 1 unspecified atom stereocenters. The van der Waals surface area contributed by atoms with Gasteiger partial charge in [-0.1, -0.05) is 12.1 Å². The van der Waals surface area contributed by atoms with Crippen molar-refractivity contribution >= 4 is 0 Å². The zero-order valence-electron chi connectivity index (χ0n) is 8.84. The summed E-state index contributed by atoms with van der Waals surface area (Å²) in [4.78, 5) is 3.99. The lowest BCUT2D eigenvalue weighted by Gasteiger charge is -2.10. The highest BCUT2D eigenvalue weighted by Gasteiger charge is 2.13. The summed E-state index contributed by atoms with van der Waals surface area (Å²) in [7, 11) is 0. The van der Waals surface area contributed by atoms with E-state index in [0.717, 1.165) is 6.07 Å². The molecule has 3 nitrogen and oxygen atoms in total. The first kappa shape index (κ1) is 11.2. The minimum absolute atomic E-state index is 0.0398. The summed E-state index contributed by atoms with van der Waals surface area (Å²) in [5.41, 5.74) is 0.777. The quantitative estimate of drug-likeness (QED) is 0.857. The molecule has 1 heterocycles. The van der Waals surface area contributed by atoms with E-state index in [4.69, 9.17) is 5.26 Å². The summed E-state index contributed by atoms with van der Waals surface area (Å²) in [5.74, 6) is -0.639. The lowest BCUT2D eigenvalue weighted by Crippen LogP contribution is -2.02. The van der Waals surface area contributed by atoms with Crippen molar-refractivity contribution in [3.8, 4) is 6.07 Å². The first-order valence-corrected chi connectivity index (χ1v) is 5.01. The molecule has 0 radical (unpaired) electrons. The molecule has 2 rings (SSSR count). The number of aliphatic hydroxyl groups is 1. The maximum Gasteiger partial charge on any atom is 0.141 e. The second-order valence-corrected chi connectivity index (χ2v) is 3.51. The van der Waals surface area contributed by atoms with E-state index < -0.39 is 11.9 Å². The van der Waals surface area contributed by atoms with Gasteiger partial charge in [0.25, 0.3) is 0 Å². The van der Waals surface area contributed by atoms with Crippen molar-refractivity contribution in [3.05, 3.63) is 65.2 Å². The molecule has 1 N–H and O–H groups in total. The molecule has 84 valence electrons. The summed E-state index contributed by atoms with van der Waals surface area (Å²) >= 11 is 0. The normalized spacial score (nSPS) is 11.8. The number of rotatable bonds is 2. The van der Waals surface area contributed by atoms with Gasteiger partial charge in [0.05, 0.1) is 11.3 Å². The predicted octanol–water partition coefficient (Wildman–Crippen LogP) is 2.17. The van der Waals surface area contributed by atoms with E-state index in [1.54, 1.807) is 30.5 Å².